The Morgan fingerprint density at radius 1 is 1.14 bits per heavy atom. The summed E-state index contributed by atoms with van der Waals surface area (Å²) in [5.41, 5.74) is 3.15. The molecule has 28 heavy (non-hydrogen) atoms. The summed E-state index contributed by atoms with van der Waals surface area (Å²) in [5.74, 6) is 0.988. The number of ether oxygens (including phenoxy) is 2. The van der Waals surface area contributed by atoms with Gasteiger partial charge in [-0.05, 0) is 59.5 Å². The van der Waals surface area contributed by atoms with Crippen molar-refractivity contribution in [1.29, 1.82) is 0 Å². The molecule has 0 aliphatic carbocycles. The van der Waals surface area contributed by atoms with E-state index in [4.69, 9.17) is 9.47 Å². The minimum absolute atomic E-state index is 0.144. The molecule has 1 aliphatic heterocycles. The maximum atomic E-state index is 12.8. The Kier molecular flexibility index (Phi) is 6.30. The number of benzene rings is 2. The number of nitrogens with zero attached hydrogens (tertiary/aromatic N) is 1. The number of hydrogen-bond acceptors (Lipinski definition) is 4. The summed E-state index contributed by atoms with van der Waals surface area (Å²) in [7, 11) is 3.14. The van der Waals surface area contributed by atoms with Crippen LogP contribution < -0.4 is 14.8 Å². The molecule has 0 saturated heterocycles. The molecule has 0 radical (unpaired) electrons. The van der Waals surface area contributed by atoms with Crippen molar-refractivity contribution in [1.82, 2.24) is 10.2 Å². The maximum Gasteiger partial charge on any atom is 0.251 e. The molecule has 0 bridgehead atoms. The number of carbonyl (C=O) groups is 1. The average Bonchev–Trinajstić information content (AvgIpc) is 2.71. The Hall–Kier alpha value is -2.05. The molecule has 0 fully saturated rings. The van der Waals surface area contributed by atoms with Crippen LogP contribution in [0.5, 0.6) is 11.5 Å². The maximum absolute atomic E-state index is 12.8. The smallest absolute Gasteiger partial charge is 0.251 e. The minimum Gasteiger partial charge on any atom is -0.495 e. The third-order valence-corrected chi connectivity index (χ3v) is 6.16. The highest BCUT2D eigenvalue weighted by Crippen LogP contribution is 2.35. The van der Waals surface area contributed by atoms with Gasteiger partial charge < -0.3 is 14.8 Å². The van der Waals surface area contributed by atoms with Gasteiger partial charge in [-0.15, -0.1) is 0 Å². The first-order chi connectivity index (χ1) is 13.4. The molecule has 0 aromatic heterocycles. The number of nitrogens with one attached hydrogen (secondary N) is 1. The van der Waals surface area contributed by atoms with Crippen LogP contribution in [0.3, 0.4) is 0 Å². The Labute approximate surface area is 175 Å². The van der Waals surface area contributed by atoms with E-state index in [0.717, 1.165) is 19.5 Å². The molecule has 0 saturated carbocycles. The fourth-order valence-corrected chi connectivity index (χ4v) is 4.08. The molecule has 5 nitrogen and oxygen atoms in total. The van der Waals surface area contributed by atoms with Crippen LogP contribution in [0.4, 0.5) is 0 Å². The van der Waals surface area contributed by atoms with E-state index in [1.165, 1.54) is 11.1 Å². The van der Waals surface area contributed by atoms with E-state index in [0.29, 0.717) is 28.1 Å². The predicted octanol–water partition coefficient (Wildman–Crippen LogP) is 4.03. The topological polar surface area (TPSA) is 50.8 Å². The second-order valence-corrected chi connectivity index (χ2v) is 8.42. The molecular formula is C22H27BrN2O3. The number of hydrogen-bond donors (Lipinski definition) is 1. The Morgan fingerprint density at radius 3 is 2.36 bits per heavy atom. The molecular weight excluding hydrogens is 420 g/mol. The van der Waals surface area contributed by atoms with Crippen LogP contribution in [0.2, 0.25) is 0 Å². The molecule has 2 aromatic rings. The van der Waals surface area contributed by atoms with Crippen LogP contribution in [0.15, 0.2) is 40.9 Å². The van der Waals surface area contributed by atoms with Gasteiger partial charge in [0.2, 0.25) is 0 Å². The molecule has 150 valence electrons. The van der Waals surface area contributed by atoms with Crippen LogP contribution in [0.25, 0.3) is 0 Å². The molecule has 1 aliphatic rings. The van der Waals surface area contributed by atoms with E-state index >= 15 is 0 Å². The van der Waals surface area contributed by atoms with Crippen molar-refractivity contribution in [2.24, 2.45) is 0 Å². The summed E-state index contributed by atoms with van der Waals surface area (Å²) in [4.78, 5) is 15.2. The first kappa shape index (κ1) is 20.7. The summed E-state index contributed by atoms with van der Waals surface area (Å²) in [6, 6.07) is 12.0. The normalized spacial score (nSPS) is 14.3. The predicted molar refractivity (Wildman–Crippen MR) is 114 cm³/mol. The highest BCUT2D eigenvalue weighted by atomic mass is 79.9. The summed E-state index contributed by atoms with van der Waals surface area (Å²) >= 11 is 3.43. The molecule has 6 heteroatoms. The van der Waals surface area contributed by atoms with Crippen molar-refractivity contribution < 1.29 is 14.3 Å². The lowest BCUT2D eigenvalue weighted by Gasteiger charge is -2.41. The molecule has 3 rings (SSSR count). The van der Waals surface area contributed by atoms with Crippen molar-refractivity contribution >= 4 is 21.8 Å². The molecule has 1 heterocycles. The molecule has 0 unspecified atom stereocenters. The molecule has 0 atom stereocenters. The standard InChI is InChI=1S/C22H27BrN2O3/c1-22(2,25-10-9-15-7-5-6-8-16(15)13-25)14-24-21(26)17-11-18(27-3)20(23)19(12-17)28-4/h5-8,11-12H,9-10,13-14H2,1-4H3,(H,24,26). The molecule has 1 amide bonds. The lowest BCUT2D eigenvalue weighted by molar-refractivity contribution is 0.0825. The molecule has 1 N–H and O–H groups in total. The van der Waals surface area contributed by atoms with Gasteiger partial charge in [-0.3, -0.25) is 9.69 Å². The van der Waals surface area contributed by atoms with Crippen LogP contribution in [0, 0.1) is 0 Å². The monoisotopic (exact) mass is 446 g/mol. The summed E-state index contributed by atoms with van der Waals surface area (Å²) < 4.78 is 11.4. The third kappa shape index (κ3) is 4.33. The second kappa shape index (κ2) is 8.53. The van der Waals surface area contributed by atoms with E-state index in [9.17, 15) is 4.79 Å². The highest BCUT2D eigenvalue weighted by Gasteiger charge is 2.30. The Bertz CT molecular complexity index is 842. The number of methoxy groups -OCH3 is 2. The van der Waals surface area contributed by atoms with Crippen molar-refractivity contribution in [3.05, 3.63) is 57.6 Å². The lowest BCUT2D eigenvalue weighted by atomic mass is 9.94. The number of fused-ring (bicyclic) bond motifs is 1. The fourth-order valence-electron chi connectivity index (χ4n) is 3.52. The largest absolute Gasteiger partial charge is 0.495 e. The van der Waals surface area contributed by atoms with Gasteiger partial charge in [-0.25, -0.2) is 0 Å². The first-order valence-corrected chi connectivity index (χ1v) is 10.2. The van der Waals surface area contributed by atoms with Crippen LogP contribution in [0.1, 0.15) is 35.3 Å². The van der Waals surface area contributed by atoms with E-state index in [-0.39, 0.29) is 11.4 Å². The van der Waals surface area contributed by atoms with Crippen LogP contribution >= 0.6 is 15.9 Å². The number of halogens is 1. The van der Waals surface area contributed by atoms with Gasteiger partial charge in [0.15, 0.2) is 0 Å². The minimum atomic E-state index is -0.160. The SMILES string of the molecule is COc1cc(C(=O)NCC(C)(C)N2CCc3ccccc3C2)cc(OC)c1Br. The zero-order valence-electron chi connectivity index (χ0n) is 16.8. The summed E-state index contributed by atoms with van der Waals surface area (Å²) in [5, 5.41) is 3.08. The molecule has 0 spiro atoms. The zero-order chi connectivity index (χ0) is 20.3. The van der Waals surface area contributed by atoms with Crippen molar-refractivity contribution in [2.45, 2.75) is 32.4 Å². The fraction of sp³-hybridized carbons (Fsp3) is 0.409. The first-order valence-electron chi connectivity index (χ1n) is 9.37. The van der Waals surface area contributed by atoms with Gasteiger partial charge in [-0.1, -0.05) is 24.3 Å². The van der Waals surface area contributed by atoms with Gasteiger partial charge in [0.1, 0.15) is 16.0 Å². The van der Waals surface area contributed by atoms with E-state index in [2.05, 4.69) is 64.3 Å². The van der Waals surface area contributed by atoms with Gasteiger partial charge in [0.25, 0.3) is 5.91 Å². The van der Waals surface area contributed by atoms with Gasteiger partial charge >= 0.3 is 0 Å². The summed E-state index contributed by atoms with van der Waals surface area (Å²) in [6.07, 6.45) is 1.04. The quantitative estimate of drug-likeness (QED) is 0.727. The number of amides is 1. The third-order valence-electron chi connectivity index (χ3n) is 5.38. The number of carbonyl (C=O) groups excluding carboxylic acids is 1. The van der Waals surface area contributed by atoms with Crippen molar-refractivity contribution in [2.75, 3.05) is 27.3 Å². The van der Waals surface area contributed by atoms with E-state index in [1.54, 1.807) is 26.4 Å². The Balaban J connectivity index is 1.69. The van der Waals surface area contributed by atoms with E-state index in [1.807, 2.05) is 0 Å². The zero-order valence-corrected chi connectivity index (χ0v) is 18.4. The van der Waals surface area contributed by atoms with Gasteiger partial charge in [0, 0.05) is 30.7 Å². The number of rotatable bonds is 6. The lowest BCUT2D eigenvalue weighted by Crippen LogP contribution is -2.53. The highest BCUT2D eigenvalue weighted by molar-refractivity contribution is 9.10. The van der Waals surface area contributed by atoms with Gasteiger partial charge in [-0.2, -0.15) is 0 Å². The summed E-state index contributed by atoms with van der Waals surface area (Å²) in [6.45, 7) is 6.78. The second-order valence-electron chi connectivity index (χ2n) is 7.63. The van der Waals surface area contributed by atoms with Crippen molar-refractivity contribution in [3.63, 3.8) is 0 Å². The van der Waals surface area contributed by atoms with Crippen LogP contribution in [-0.2, 0) is 13.0 Å². The average molecular weight is 447 g/mol. The Morgan fingerprint density at radius 2 is 1.75 bits per heavy atom. The molecule has 2 aromatic carbocycles. The van der Waals surface area contributed by atoms with E-state index < -0.39 is 0 Å². The van der Waals surface area contributed by atoms with Crippen LogP contribution in [-0.4, -0.2) is 43.7 Å². The van der Waals surface area contributed by atoms with Gasteiger partial charge in [0.05, 0.1) is 14.2 Å². The van der Waals surface area contributed by atoms with Crippen molar-refractivity contribution in [3.8, 4) is 11.5 Å².